The maximum absolute atomic E-state index is 13.9. The van der Waals surface area contributed by atoms with Crippen LogP contribution in [0.2, 0.25) is 5.02 Å². The Labute approximate surface area is 253 Å². The number of anilines is 1. The number of aryl methyl sites for hydroxylation is 1. The van der Waals surface area contributed by atoms with Gasteiger partial charge in [-0.2, -0.15) is 5.10 Å². The first-order valence-electron chi connectivity index (χ1n) is 13.6. The number of halogens is 1. The Morgan fingerprint density at radius 1 is 1.00 bits per heavy atom. The van der Waals surface area contributed by atoms with E-state index in [2.05, 4.69) is 29.4 Å². The van der Waals surface area contributed by atoms with Crippen LogP contribution >= 0.6 is 23.4 Å². The van der Waals surface area contributed by atoms with E-state index in [4.69, 9.17) is 16.7 Å². The lowest BCUT2D eigenvalue weighted by Gasteiger charge is -2.24. The van der Waals surface area contributed by atoms with Gasteiger partial charge in [-0.15, -0.1) is 11.8 Å². The Bertz CT molecular complexity index is 1740. The molecule has 0 saturated carbocycles. The molecule has 1 aliphatic heterocycles. The summed E-state index contributed by atoms with van der Waals surface area (Å²) in [5.74, 6) is 0.273. The number of carbonyl (C=O) groups is 2. The standard InChI is InChI=1S/C33H28ClN5O2S/c1-22-10-5-6-14-25(22)32-30-31(24-12-3-2-4-13-24)37-39(27-16-8-7-15-26(27)34)33(30)38(29(41)21-42-32)20-28(40)36-19-23-11-9-17-35-18-23/h2-18,32H,19-21H2,1H3,(H,36,40)/t32-/m1/s1. The van der Waals surface area contributed by atoms with E-state index >= 15 is 0 Å². The molecule has 2 amide bonds. The highest BCUT2D eigenvalue weighted by molar-refractivity contribution is 8.00. The minimum absolute atomic E-state index is 0.169. The zero-order valence-electron chi connectivity index (χ0n) is 22.9. The third-order valence-corrected chi connectivity index (χ3v) is 8.76. The van der Waals surface area contributed by atoms with Gasteiger partial charge in [-0.25, -0.2) is 4.68 Å². The van der Waals surface area contributed by atoms with Gasteiger partial charge in [0.1, 0.15) is 12.4 Å². The number of rotatable bonds is 7. The summed E-state index contributed by atoms with van der Waals surface area (Å²) in [6.07, 6.45) is 3.39. The van der Waals surface area contributed by atoms with Gasteiger partial charge >= 0.3 is 0 Å². The Kier molecular flexibility index (Phi) is 8.08. The van der Waals surface area contributed by atoms with Crippen molar-refractivity contribution in [2.45, 2.75) is 18.7 Å². The Balaban J connectivity index is 1.54. The number of pyridine rings is 1. The minimum Gasteiger partial charge on any atom is -0.350 e. The molecule has 6 rings (SSSR count). The summed E-state index contributed by atoms with van der Waals surface area (Å²) in [7, 11) is 0. The lowest BCUT2D eigenvalue weighted by molar-refractivity contribution is -0.123. The predicted molar refractivity (Wildman–Crippen MR) is 168 cm³/mol. The van der Waals surface area contributed by atoms with Crippen LogP contribution in [0.1, 0.15) is 27.5 Å². The number of carbonyl (C=O) groups excluding carboxylic acids is 2. The van der Waals surface area contributed by atoms with Crippen molar-refractivity contribution in [2.75, 3.05) is 17.2 Å². The number of aromatic nitrogens is 3. The number of fused-ring (bicyclic) bond motifs is 1. The number of nitrogens with one attached hydrogen (secondary N) is 1. The van der Waals surface area contributed by atoms with Crippen molar-refractivity contribution in [3.05, 3.63) is 131 Å². The van der Waals surface area contributed by atoms with Gasteiger partial charge in [-0.05, 0) is 41.8 Å². The SMILES string of the molecule is Cc1ccccc1[C@H]1SCC(=O)N(CC(=O)NCc2cccnc2)c2c1c(-c1ccccc1)nn2-c1ccccc1Cl. The molecular weight excluding hydrogens is 566 g/mol. The van der Waals surface area contributed by atoms with Crippen LogP contribution in [0.25, 0.3) is 16.9 Å². The van der Waals surface area contributed by atoms with E-state index in [1.165, 1.54) is 0 Å². The summed E-state index contributed by atoms with van der Waals surface area (Å²) in [4.78, 5) is 32.9. The third-order valence-electron chi connectivity index (χ3n) is 7.20. The second-order valence-corrected chi connectivity index (χ2v) is 11.5. The lowest BCUT2D eigenvalue weighted by Crippen LogP contribution is -2.42. The maximum atomic E-state index is 13.9. The molecule has 7 nitrogen and oxygen atoms in total. The molecule has 42 heavy (non-hydrogen) atoms. The summed E-state index contributed by atoms with van der Waals surface area (Å²) >= 11 is 8.28. The smallest absolute Gasteiger partial charge is 0.240 e. The summed E-state index contributed by atoms with van der Waals surface area (Å²) in [5, 5.41) is 8.33. The molecule has 1 N–H and O–H groups in total. The molecule has 3 aromatic carbocycles. The van der Waals surface area contributed by atoms with Crippen LogP contribution in [0.3, 0.4) is 0 Å². The van der Waals surface area contributed by atoms with E-state index < -0.39 is 0 Å². The maximum Gasteiger partial charge on any atom is 0.240 e. The monoisotopic (exact) mass is 593 g/mol. The van der Waals surface area contributed by atoms with Crippen LogP contribution < -0.4 is 10.2 Å². The van der Waals surface area contributed by atoms with Crippen molar-refractivity contribution in [3.8, 4) is 16.9 Å². The molecule has 0 fully saturated rings. The van der Waals surface area contributed by atoms with E-state index in [1.807, 2.05) is 72.8 Å². The number of nitrogens with zero attached hydrogens (tertiary/aromatic N) is 4. The molecule has 1 atom stereocenters. The van der Waals surface area contributed by atoms with E-state index in [0.29, 0.717) is 23.1 Å². The van der Waals surface area contributed by atoms with Crippen LogP contribution in [0.5, 0.6) is 0 Å². The van der Waals surface area contributed by atoms with Crippen molar-refractivity contribution in [2.24, 2.45) is 0 Å². The molecule has 0 saturated heterocycles. The zero-order valence-corrected chi connectivity index (χ0v) is 24.5. The summed E-state index contributed by atoms with van der Waals surface area (Å²) < 4.78 is 1.73. The van der Waals surface area contributed by atoms with E-state index in [9.17, 15) is 9.59 Å². The molecule has 1 aliphatic rings. The second kappa shape index (κ2) is 12.2. The van der Waals surface area contributed by atoms with Crippen molar-refractivity contribution >= 4 is 41.0 Å². The van der Waals surface area contributed by atoms with Crippen LogP contribution in [-0.4, -0.2) is 38.9 Å². The lowest BCUT2D eigenvalue weighted by atomic mass is 9.97. The largest absolute Gasteiger partial charge is 0.350 e. The molecule has 210 valence electrons. The van der Waals surface area contributed by atoms with Gasteiger partial charge in [-0.3, -0.25) is 19.5 Å². The second-order valence-electron chi connectivity index (χ2n) is 9.98. The zero-order chi connectivity index (χ0) is 29.1. The highest BCUT2D eigenvalue weighted by Gasteiger charge is 2.38. The molecule has 2 aromatic heterocycles. The Morgan fingerprint density at radius 2 is 1.76 bits per heavy atom. The minimum atomic E-state index is -0.286. The molecule has 9 heteroatoms. The predicted octanol–water partition coefficient (Wildman–Crippen LogP) is 6.38. The van der Waals surface area contributed by atoms with Crippen LogP contribution in [0, 0.1) is 6.92 Å². The van der Waals surface area contributed by atoms with E-state index in [0.717, 1.165) is 33.5 Å². The van der Waals surface area contributed by atoms with Gasteiger partial charge in [0.2, 0.25) is 11.8 Å². The number of thioether (sulfide) groups is 1. The first-order valence-corrected chi connectivity index (χ1v) is 15.0. The Hall–Kier alpha value is -4.40. The summed E-state index contributed by atoms with van der Waals surface area (Å²) in [6, 6.07) is 29.2. The normalized spacial score (nSPS) is 14.8. The first kappa shape index (κ1) is 27.8. The number of amides is 2. The summed E-state index contributed by atoms with van der Waals surface area (Å²) in [6.45, 7) is 2.21. The molecular formula is C33H28ClN5O2S. The van der Waals surface area contributed by atoms with Crippen molar-refractivity contribution in [1.82, 2.24) is 20.1 Å². The average molecular weight is 594 g/mol. The number of hydrogen-bond acceptors (Lipinski definition) is 5. The van der Waals surface area contributed by atoms with E-state index in [1.54, 1.807) is 39.8 Å². The van der Waals surface area contributed by atoms with Crippen LogP contribution in [-0.2, 0) is 16.1 Å². The quantitative estimate of drug-likeness (QED) is 0.237. The number of hydrogen-bond donors (Lipinski definition) is 1. The fourth-order valence-electron chi connectivity index (χ4n) is 5.15. The fraction of sp³-hybridized carbons (Fsp3) is 0.152. The van der Waals surface area contributed by atoms with Gasteiger partial charge in [0.15, 0.2) is 0 Å². The molecule has 0 aliphatic carbocycles. The molecule has 0 radical (unpaired) electrons. The molecule has 0 bridgehead atoms. The van der Waals surface area contributed by atoms with E-state index in [-0.39, 0.29) is 29.4 Å². The van der Waals surface area contributed by atoms with Gasteiger partial charge in [0.05, 0.1) is 27.4 Å². The van der Waals surface area contributed by atoms with Crippen molar-refractivity contribution in [3.63, 3.8) is 0 Å². The topological polar surface area (TPSA) is 80.1 Å². The number of benzene rings is 3. The van der Waals surface area contributed by atoms with Crippen LogP contribution in [0.15, 0.2) is 103 Å². The third kappa shape index (κ3) is 5.55. The van der Waals surface area contributed by atoms with Gasteiger partial charge < -0.3 is 5.32 Å². The number of para-hydroxylation sites is 1. The molecule has 5 aromatic rings. The molecule has 0 unspecified atom stereocenters. The molecule has 0 spiro atoms. The van der Waals surface area contributed by atoms with Gasteiger partial charge in [0, 0.05) is 30.1 Å². The molecule has 3 heterocycles. The van der Waals surface area contributed by atoms with Gasteiger partial charge in [0.25, 0.3) is 0 Å². The average Bonchev–Trinajstić information content (AvgIpc) is 3.34. The fourth-order valence-corrected chi connectivity index (χ4v) is 6.66. The van der Waals surface area contributed by atoms with Crippen molar-refractivity contribution in [1.29, 1.82) is 0 Å². The van der Waals surface area contributed by atoms with Crippen LogP contribution in [0.4, 0.5) is 5.82 Å². The van der Waals surface area contributed by atoms with Crippen molar-refractivity contribution < 1.29 is 9.59 Å². The first-order chi connectivity index (χ1) is 20.5. The Morgan fingerprint density at radius 3 is 2.52 bits per heavy atom. The highest BCUT2D eigenvalue weighted by atomic mass is 35.5. The highest BCUT2D eigenvalue weighted by Crippen LogP contribution is 2.49. The van der Waals surface area contributed by atoms with Gasteiger partial charge in [-0.1, -0.05) is 84.4 Å². The summed E-state index contributed by atoms with van der Waals surface area (Å²) in [5.41, 5.74) is 6.22.